The van der Waals surface area contributed by atoms with Gasteiger partial charge in [-0.1, -0.05) is 32.0 Å². The number of nitrogens with zero attached hydrogens (tertiary/aromatic N) is 2. The first-order valence-corrected chi connectivity index (χ1v) is 8.14. The summed E-state index contributed by atoms with van der Waals surface area (Å²) in [7, 11) is 2.13. The van der Waals surface area contributed by atoms with Crippen molar-refractivity contribution in [1.82, 2.24) is 9.88 Å². The molecule has 0 atom stereocenters. The van der Waals surface area contributed by atoms with Crippen molar-refractivity contribution >= 4 is 10.9 Å². The lowest BCUT2D eigenvalue weighted by Crippen LogP contribution is -2.31. The Morgan fingerprint density at radius 2 is 2.00 bits per heavy atom. The van der Waals surface area contributed by atoms with Crippen molar-refractivity contribution < 1.29 is 5.11 Å². The van der Waals surface area contributed by atoms with Crippen LogP contribution in [0.15, 0.2) is 18.2 Å². The molecule has 1 aromatic heterocycles. The Labute approximate surface area is 133 Å². The topological polar surface area (TPSA) is 36.4 Å². The lowest BCUT2D eigenvalue weighted by atomic mass is 9.85. The van der Waals surface area contributed by atoms with Crippen LogP contribution in [0.1, 0.15) is 56.0 Å². The van der Waals surface area contributed by atoms with E-state index >= 15 is 0 Å². The second kappa shape index (κ2) is 5.32. The first-order valence-electron chi connectivity index (χ1n) is 8.14. The third-order valence-corrected chi connectivity index (χ3v) is 4.63. The van der Waals surface area contributed by atoms with E-state index in [0.717, 1.165) is 41.7 Å². The molecule has 0 aliphatic carbocycles. The molecule has 0 bridgehead atoms. The van der Waals surface area contributed by atoms with Crippen molar-refractivity contribution in [1.29, 1.82) is 0 Å². The summed E-state index contributed by atoms with van der Waals surface area (Å²) >= 11 is 0. The third-order valence-electron chi connectivity index (χ3n) is 4.63. The van der Waals surface area contributed by atoms with Crippen LogP contribution in [0, 0.1) is 0 Å². The zero-order chi connectivity index (χ0) is 16.1. The van der Waals surface area contributed by atoms with Crippen molar-refractivity contribution in [3.63, 3.8) is 0 Å². The van der Waals surface area contributed by atoms with Gasteiger partial charge in [0.25, 0.3) is 0 Å². The molecule has 0 radical (unpaired) electrons. The van der Waals surface area contributed by atoms with Gasteiger partial charge < -0.3 is 10.0 Å². The number of aliphatic hydroxyl groups is 1. The number of pyridine rings is 1. The van der Waals surface area contributed by atoms with E-state index in [9.17, 15) is 5.11 Å². The lowest BCUT2D eigenvalue weighted by molar-refractivity contribution is 0.0778. The van der Waals surface area contributed by atoms with Crippen LogP contribution in [0.2, 0.25) is 0 Å². The number of rotatable bonds is 2. The summed E-state index contributed by atoms with van der Waals surface area (Å²) in [5.41, 5.74) is 4.91. The second-order valence-corrected chi connectivity index (χ2v) is 7.36. The summed E-state index contributed by atoms with van der Waals surface area (Å²) in [6.45, 7) is 10.1. The molecular formula is C19H26N2O. The van der Waals surface area contributed by atoms with Crippen molar-refractivity contribution in [3.05, 3.63) is 40.6 Å². The SMILES string of the molecule is CC(C)c1cccc2c(C(C)(C)O)c3c(nc12)CCN(C)C3. The van der Waals surface area contributed by atoms with Gasteiger partial charge in [-0.25, -0.2) is 0 Å². The first-order chi connectivity index (χ1) is 10.3. The molecule has 0 unspecified atom stereocenters. The molecule has 0 amide bonds. The smallest absolute Gasteiger partial charge is 0.0850 e. The number of hydrogen-bond acceptors (Lipinski definition) is 3. The number of para-hydroxylation sites is 1. The van der Waals surface area contributed by atoms with Crippen molar-refractivity contribution in [2.75, 3.05) is 13.6 Å². The normalized spacial score (nSPS) is 16.3. The molecule has 0 fully saturated rings. The van der Waals surface area contributed by atoms with Gasteiger partial charge in [-0.2, -0.15) is 0 Å². The highest BCUT2D eigenvalue weighted by atomic mass is 16.3. The number of benzene rings is 1. The Balaban J connectivity index is 2.40. The average molecular weight is 298 g/mol. The van der Waals surface area contributed by atoms with Crippen LogP contribution in [0.25, 0.3) is 10.9 Å². The third kappa shape index (κ3) is 2.53. The number of hydrogen-bond donors (Lipinski definition) is 1. The van der Waals surface area contributed by atoms with E-state index in [-0.39, 0.29) is 0 Å². The van der Waals surface area contributed by atoms with Gasteiger partial charge in [0.05, 0.1) is 11.1 Å². The summed E-state index contributed by atoms with van der Waals surface area (Å²) in [5.74, 6) is 0.426. The fraction of sp³-hybridized carbons (Fsp3) is 0.526. The Morgan fingerprint density at radius 1 is 1.27 bits per heavy atom. The van der Waals surface area contributed by atoms with Gasteiger partial charge in [-0.3, -0.25) is 4.98 Å². The minimum Gasteiger partial charge on any atom is -0.386 e. The van der Waals surface area contributed by atoms with Crippen LogP contribution in [-0.2, 0) is 18.6 Å². The number of aromatic nitrogens is 1. The fourth-order valence-corrected chi connectivity index (χ4v) is 3.58. The summed E-state index contributed by atoms with van der Waals surface area (Å²) in [6.07, 6.45) is 0.956. The molecule has 1 N–H and O–H groups in total. The highest BCUT2D eigenvalue weighted by molar-refractivity contribution is 5.87. The number of likely N-dealkylation sites (N-methyl/N-ethyl adjacent to an activating group) is 1. The van der Waals surface area contributed by atoms with Crippen LogP contribution in [0.5, 0.6) is 0 Å². The summed E-state index contributed by atoms with van der Waals surface area (Å²) in [6, 6.07) is 6.36. The molecule has 1 aliphatic heterocycles. The van der Waals surface area contributed by atoms with Gasteiger partial charge in [0.15, 0.2) is 0 Å². The van der Waals surface area contributed by atoms with E-state index in [2.05, 4.69) is 44.0 Å². The fourth-order valence-electron chi connectivity index (χ4n) is 3.58. The van der Waals surface area contributed by atoms with Gasteiger partial charge in [0.1, 0.15) is 0 Å². The molecule has 0 saturated heterocycles. The second-order valence-electron chi connectivity index (χ2n) is 7.36. The lowest BCUT2D eigenvalue weighted by Gasteiger charge is -2.32. The van der Waals surface area contributed by atoms with Crippen molar-refractivity contribution in [2.45, 2.75) is 52.2 Å². The van der Waals surface area contributed by atoms with Gasteiger partial charge in [0, 0.05) is 30.6 Å². The molecule has 1 aliphatic rings. The molecule has 3 rings (SSSR count). The maximum absolute atomic E-state index is 10.8. The molecule has 2 heterocycles. The Hall–Kier alpha value is -1.45. The van der Waals surface area contributed by atoms with E-state index in [1.54, 1.807) is 0 Å². The Morgan fingerprint density at radius 3 is 2.64 bits per heavy atom. The van der Waals surface area contributed by atoms with Crippen LogP contribution >= 0.6 is 0 Å². The minimum absolute atomic E-state index is 0.426. The van der Waals surface area contributed by atoms with Crippen molar-refractivity contribution in [2.24, 2.45) is 0 Å². The maximum Gasteiger partial charge on any atom is 0.0850 e. The maximum atomic E-state index is 10.8. The van der Waals surface area contributed by atoms with Crippen LogP contribution in [-0.4, -0.2) is 28.6 Å². The predicted molar refractivity (Wildman–Crippen MR) is 91.1 cm³/mol. The molecule has 0 spiro atoms. The summed E-state index contributed by atoms with van der Waals surface area (Å²) in [5, 5.41) is 11.9. The van der Waals surface area contributed by atoms with E-state index in [0.29, 0.717) is 5.92 Å². The Bertz CT molecular complexity index is 713. The predicted octanol–water partition coefficient (Wildman–Crippen LogP) is 3.57. The van der Waals surface area contributed by atoms with Crippen LogP contribution in [0.4, 0.5) is 0 Å². The standard InChI is InChI=1S/C19H26N2O/c1-12(2)13-7-6-8-14-17(19(3,4)22)15-11-21(5)10-9-16(15)20-18(13)14/h6-8,12,22H,9-11H2,1-5H3. The minimum atomic E-state index is -0.862. The zero-order valence-corrected chi connectivity index (χ0v) is 14.3. The van der Waals surface area contributed by atoms with Gasteiger partial charge in [0.2, 0.25) is 0 Å². The van der Waals surface area contributed by atoms with Crippen molar-refractivity contribution in [3.8, 4) is 0 Å². The number of fused-ring (bicyclic) bond motifs is 2. The Kier molecular flexibility index (Phi) is 3.74. The molecule has 22 heavy (non-hydrogen) atoms. The van der Waals surface area contributed by atoms with Gasteiger partial charge in [-0.15, -0.1) is 0 Å². The largest absolute Gasteiger partial charge is 0.386 e. The zero-order valence-electron chi connectivity index (χ0n) is 14.3. The molecule has 118 valence electrons. The molecule has 3 nitrogen and oxygen atoms in total. The highest BCUT2D eigenvalue weighted by Gasteiger charge is 2.29. The van der Waals surface area contributed by atoms with Crippen LogP contribution in [0.3, 0.4) is 0 Å². The molecule has 1 aromatic carbocycles. The van der Waals surface area contributed by atoms with Gasteiger partial charge in [-0.05, 0) is 43.5 Å². The first kappa shape index (κ1) is 15.4. The molecule has 2 aromatic rings. The van der Waals surface area contributed by atoms with E-state index in [1.807, 2.05) is 13.8 Å². The summed E-state index contributed by atoms with van der Waals surface area (Å²) in [4.78, 5) is 7.31. The van der Waals surface area contributed by atoms with E-state index in [1.165, 1.54) is 11.1 Å². The van der Waals surface area contributed by atoms with Gasteiger partial charge >= 0.3 is 0 Å². The highest BCUT2D eigenvalue weighted by Crippen LogP contribution is 2.37. The van der Waals surface area contributed by atoms with E-state index in [4.69, 9.17) is 4.98 Å². The molecular weight excluding hydrogens is 272 g/mol. The molecule has 3 heteroatoms. The van der Waals surface area contributed by atoms with E-state index < -0.39 is 5.60 Å². The quantitative estimate of drug-likeness (QED) is 0.920. The summed E-state index contributed by atoms with van der Waals surface area (Å²) < 4.78 is 0. The van der Waals surface area contributed by atoms with Crippen LogP contribution < -0.4 is 0 Å². The molecule has 0 saturated carbocycles. The monoisotopic (exact) mass is 298 g/mol. The average Bonchev–Trinajstić information content (AvgIpc) is 2.42.